The molecule has 2 rings (SSSR count). The third-order valence-corrected chi connectivity index (χ3v) is 4.11. The molecule has 96 valence electrons. The minimum Gasteiger partial charge on any atom is -0.487 e. The van der Waals surface area contributed by atoms with Gasteiger partial charge in [-0.15, -0.1) is 0 Å². The van der Waals surface area contributed by atoms with Gasteiger partial charge in [-0.1, -0.05) is 30.4 Å². The van der Waals surface area contributed by atoms with Gasteiger partial charge in [0.05, 0.1) is 8.45 Å². The van der Waals surface area contributed by atoms with Crippen LogP contribution in [0.25, 0.3) is 0 Å². The number of thiazole rings is 1. The lowest BCUT2D eigenvalue weighted by molar-refractivity contribution is 0.307. The Bertz CT molecular complexity index is 501. The van der Waals surface area contributed by atoms with Crippen molar-refractivity contribution in [2.45, 2.75) is 20.0 Å². The zero-order valence-electron chi connectivity index (χ0n) is 10.1. The van der Waals surface area contributed by atoms with Crippen molar-refractivity contribution in [2.24, 2.45) is 0 Å². The Labute approximate surface area is 125 Å². The van der Waals surface area contributed by atoms with Crippen LogP contribution in [0.15, 0.2) is 30.5 Å². The van der Waals surface area contributed by atoms with Gasteiger partial charge in [-0.25, -0.2) is 4.98 Å². The molecule has 0 radical (unpaired) electrons. The van der Waals surface area contributed by atoms with E-state index in [1.165, 1.54) is 0 Å². The van der Waals surface area contributed by atoms with Gasteiger partial charge in [0, 0.05) is 12.7 Å². The van der Waals surface area contributed by atoms with E-state index in [0.717, 1.165) is 32.3 Å². The second kappa shape index (κ2) is 6.94. The molecule has 2 aromatic rings. The molecule has 5 heteroatoms. The molecule has 0 saturated carbocycles. The zero-order chi connectivity index (χ0) is 12.8. The molecule has 0 aliphatic carbocycles. The molecule has 0 spiro atoms. The standard InChI is InChI=1S/C13H15IN2OS/c1-2-7-15-13-16-8-10(18-13)9-17-12-6-4-3-5-11(12)14/h3-6,8H,2,7,9H2,1H3,(H,15,16). The first-order valence-electron chi connectivity index (χ1n) is 5.85. The first-order valence-corrected chi connectivity index (χ1v) is 7.75. The van der Waals surface area contributed by atoms with E-state index in [1.807, 2.05) is 30.5 Å². The molecule has 0 aliphatic rings. The summed E-state index contributed by atoms with van der Waals surface area (Å²) in [7, 11) is 0. The largest absolute Gasteiger partial charge is 0.487 e. The highest BCUT2D eigenvalue weighted by Crippen LogP contribution is 2.23. The van der Waals surface area contributed by atoms with E-state index in [1.54, 1.807) is 11.3 Å². The number of rotatable bonds is 6. The number of hydrogen-bond donors (Lipinski definition) is 1. The highest BCUT2D eigenvalue weighted by molar-refractivity contribution is 14.1. The van der Waals surface area contributed by atoms with Crippen molar-refractivity contribution in [2.75, 3.05) is 11.9 Å². The summed E-state index contributed by atoms with van der Waals surface area (Å²) in [6.45, 7) is 3.68. The van der Waals surface area contributed by atoms with E-state index in [0.29, 0.717) is 6.61 Å². The molecular weight excluding hydrogens is 359 g/mol. The fourth-order valence-electron chi connectivity index (χ4n) is 1.40. The highest BCUT2D eigenvalue weighted by atomic mass is 127. The van der Waals surface area contributed by atoms with Crippen LogP contribution < -0.4 is 10.1 Å². The van der Waals surface area contributed by atoms with E-state index in [9.17, 15) is 0 Å². The summed E-state index contributed by atoms with van der Waals surface area (Å²) in [6.07, 6.45) is 2.98. The molecule has 0 aliphatic heterocycles. The monoisotopic (exact) mass is 374 g/mol. The predicted molar refractivity (Wildman–Crippen MR) is 84.4 cm³/mol. The molecule has 3 nitrogen and oxygen atoms in total. The minimum atomic E-state index is 0.575. The van der Waals surface area contributed by atoms with Crippen LogP contribution in [0.1, 0.15) is 18.2 Å². The molecule has 0 fully saturated rings. The molecule has 0 amide bonds. The fourth-order valence-corrected chi connectivity index (χ4v) is 2.69. The number of aromatic nitrogens is 1. The van der Waals surface area contributed by atoms with E-state index < -0.39 is 0 Å². The number of benzene rings is 1. The number of hydrogen-bond acceptors (Lipinski definition) is 4. The van der Waals surface area contributed by atoms with Gasteiger partial charge in [-0.05, 0) is 41.1 Å². The normalized spacial score (nSPS) is 10.3. The van der Waals surface area contributed by atoms with Gasteiger partial charge >= 0.3 is 0 Å². The predicted octanol–water partition coefficient (Wildman–Crippen LogP) is 4.15. The lowest BCUT2D eigenvalue weighted by Crippen LogP contribution is -1.98. The molecule has 1 aromatic carbocycles. The van der Waals surface area contributed by atoms with Crippen molar-refractivity contribution in [1.29, 1.82) is 0 Å². The third kappa shape index (κ3) is 3.84. The highest BCUT2D eigenvalue weighted by Gasteiger charge is 2.04. The van der Waals surface area contributed by atoms with Crippen LogP contribution in [-0.2, 0) is 6.61 Å². The van der Waals surface area contributed by atoms with Gasteiger partial charge < -0.3 is 10.1 Å². The number of nitrogens with zero attached hydrogens (tertiary/aromatic N) is 1. The van der Waals surface area contributed by atoms with Gasteiger partial charge in [0.25, 0.3) is 0 Å². The van der Waals surface area contributed by atoms with Crippen LogP contribution in [0.2, 0.25) is 0 Å². The number of ether oxygens (including phenoxy) is 1. The maximum Gasteiger partial charge on any atom is 0.182 e. The van der Waals surface area contributed by atoms with Crippen LogP contribution in [0.3, 0.4) is 0 Å². The summed E-state index contributed by atoms with van der Waals surface area (Å²) in [5.74, 6) is 0.926. The molecule has 1 aromatic heterocycles. The van der Waals surface area contributed by atoms with Crippen molar-refractivity contribution in [3.63, 3.8) is 0 Å². The van der Waals surface area contributed by atoms with Crippen LogP contribution in [0.5, 0.6) is 5.75 Å². The first kappa shape index (κ1) is 13.6. The number of halogens is 1. The van der Waals surface area contributed by atoms with Crippen LogP contribution in [0, 0.1) is 3.57 Å². The molecule has 0 atom stereocenters. The summed E-state index contributed by atoms with van der Waals surface area (Å²) in [4.78, 5) is 5.45. The van der Waals surface area contributed by atoms with Crippen molar-refractivity contribution >= 4 is 39.1 Å². The van der Waals surface area contributed by atoms with Gasteiger partial charge in [0.2, 0.25) is 0 Å². The Hall–Kier alpha value is -0.820. The summed E-state index contributed by atoms with van der Waals surface area (Å²) in [5.41, 5.74) is 0. The van der Waals surface area contributed by atoms with Crippen molar-refractivity contribution < 1.29 is 4.74 Å². The fraction of sp³-hybridized carbons (Fsp3) is 0.308. The van der Waals surface area contributed by atoms with E-state index >= 15 is 0 Å². The van der Waals surface area contributed by atoms with Gasteiger partial charge in [0.1, 0.15) is 12.4 Å². The Morgan fingerprint density at radius 2 is 2.22 bits per heavy atom. The third-order valence-electron chi connectivity index (χ3n) is 2.29. The number of para-hydroxylation sites is 1. The number of nitrogens with one attached hydrogen (secondary N) is 1. The average molecular weight is 374 g/mol. The molecule has 0 unspecified atom stereocenters. The lowest BCUT2D eigenvalue weighted by atomic mass is 10.3. The lowest BCUT2D eigenvalue weighted by Gasteiger charge is -2.05. The van der Waals surface area contributed by atoms with Crippen molar-refractivity contribution in [3.8, 4) is 5.75 Å². The Kier molecular flexibility index (Phi) is 5.25. The summed E-state index contributed by atoms with van der Waals surface area (Å²) in [6, 6.07) is 8.02. The van der Waals surface area contributed by atoms with Crippen LogP contribution >= 0.6 is 33.9 Å². The smallest absolute Gasteiger partial charge is 0.182 e. The second-order valence-electron chi connectivity index (χ2n) is 3.78. The summed E-state index contributed by atoms with van der Waals surface area (Å²) in [5, 5.41) is 4.25. The van der Waals surface area contributed by atoms with Gasteiger partial charge in [0.15, 0.2) is 5.13 Å². The van der Waals surface area contributed by atoms with Crippen molar-refractivity contribution in [1.82, 2.24) is 4.98 Å². The van der Waals surface area contributed by atoms with E-state index in [-0.39, 0.29) is 0 Å². The van der Waals surface area contributed by atoms with Crippen LogP contribution in [-0.4, -0.2) is 11.5 Å². The van der Waals surface area contributed by atoms with E-state index in [2.05, 4.69) is 39.8 Å². The first-order chi connectivity index (χ1) is 8.79. The molecular formula is C13H15IN2OS. The Morgan fingerprint density at radius 1 is 1.39 bits per heavy atom. The second-order valence-corrected chi connectivity index (χ2v) is 6.05. The molecule has 18 heavy (non-hydrogen) atoms. The Morgan fingerprint density at radius 3 is 3.00 bits per heavy atom. The average Bonchev–Trinajstić information content (AvgIpc) is 2.83. The van der Waals surface area contributed by atoms with E-state index in [4.69, 9.17) is 4.74 Å². The van der Waals surface area contributed by atoms with Gasteiger partial charge in [-0.3, -0.25) is 0 Å². The number of anilines is 1. The zero-order valence-corrected chi connectivity index (χ0v) is 13.1. The summed E-state index contributed by atoms with van der Waals surface area (Å²) < 4.78 is 6.90. The SMILES string of the molecule is CCCNc1ncc(COc2ccccc2I)s1. The molecule has 1 N–H and O–H groups in total. The molecule has 1 heterocycles. The quantitative estimate of drug-likeness (QED) is 0.772. The maximum absolute atomic E-state index is 5.78. The summed E-state index contributed by atoms with van der Waals surface area (Å²) >= 11 is 3.93. The van der Waals surface area contributed by atoms with Crippen LogP contribution in [0.4, 0.5) is 5.13 Å². The molecule has 0 bridgehead atoms. The minimum absolute atomic E-state index is 0.575. The van der Waals surface area contributed by atoms with Gasteiger partial charge in [-0.2, -0.15) is 0 Å². The Balaban J connectivity index is 1.90. The topological polar surface area (TPSA) is 34.2 Å². The molecule has 0 saturated heterocycles. The maximum atomic E-state index is 5.78. The van der Waals surface area contributed by atoms with Crippen molar-refractivity contribution in [3.05, 3.63) is 38.9 Å².